The lowest BCUT2D eigenvalue weighted by Crippen LogP contribution is -2.14. The maximum atomic E-state index is 13.5. The van der Waals surface area contributed by atoms with Crippen molar-refractivity contribution in [3.05, 3.63) is 65.1 Å². The van der Waals surface area contributed by atoms with E-state index in [2.05, 4.69) is 15.2 Å². The number of carbonyl (C=O) groups excluding carboxylic acids is 1. The minimum Gasteiger partial charge on any atom is -0.495 e. The van der Waals surface area contributed by atoms with Crippen LogP contribution in [0.25, 0.3) is 12.2 Å². The number of nitrogens with zero attached hydrogens (tertiary/aromatic N) is 1. The number of carbonyl (C=O) groups is 1. The number of sulfonamides is 1. The van der Waals surface area contributed by atoms with Crippen LogP contribution in [-0.4, -0.2) is 26.6 Å². The molecule has 1 heterocycles. The van der Waals surface area contributed by atoms with Crippen LogP contribution in [0.4, 0.5) is 20.2 Å². The van der Waals surface area contributed by atoms with Gasteiger partial charge in [-0.3, -0.25) is 9.52 Å². The third-order valence-electron chi connectivity index (χ3n) is 4.27. The van der Waals surface area contributed by atoms with Crippen LogP contribution >= 0.6 is 0 Å². The molecule has 0 aliphatic rings. The Hall–Kier alpha value is -3.73. The summed E-state index contributed by atoms with van der Waals surface area (Å²) in [4.78, 5) is 11.1. The molecule has 0 unspecified atom stereocenters. The summed E-state index contributed by atoms with van der Waals surface area (Å²) >= 11 is 0. The molecule has 1 aromatic heterocycles. The smallest absolute Gasteiger partial charge is 0.265 e. The number of benzene rings is 2. The number of amides is 1. The summed E-state index contributed by atoms with van der Waals surface area (Å²) in [7, 11) is -2.90. The zero-order valence-corrected chi connectivity index (χ0v) is 18.1. The lowest BCUT2D eigenvalue weighted by atomic mass is 10.2. The summed E-state index contributed by atoms with van der Waals surface area (Å²) in [6, 6.07) is 7.03. The van der Waals surface area contributed by atoms with Crippen molar-refractivity contribution < 1.29 is 31.3 Å². The van der Waals surface area contributed by atoms with Gasteiger partial charge in [0.25, 0.3) is 10.0 Å². The monoisotopic (exact) mass is 463 g/mol. The van der Waals surface area contributed by atoms with Gasteiger partial charge in [-0.1, -0.05) is 17.3 Å². The van der Waals surface area contributed by atoms with Crippen molar-refractivity contribution in [3.63, 3.8) is 0 Å². The molecule has 0 saturated heterocycles. The number of anilines is 2. The largest absolute Gasteiger partial charge is 0.495 e. The van der Waals surface area contributed by atoms with E-state index in [9.17, 15) is 22.0 Å². The van der Waals surface area contributed by atoms with Crippen LogP contribution in [0.5, 0.6) is 5.75 Å². The quantitative estimate of drug-likeness (QED) is 0.543. The molecule has 2 aromatic carbocycles. The van der Waals surface area contributed by atoms with E-state index in [0.29, 0.717) is 16.9 Å². The lowest BCUT2D eigenvalue weighted by molar-refractivity contribution is -0.114. The van der Waals surface area contributed by atoms with Gasteiger partial charge < -0.3 is 14.6 Å². The summed E-state index contributed by atoms with van der Waals surface area (Å²) < 4.78 is 64.9. The predicted octanol–water partition coefficient (Wildman–Crippen LogP) is 4.20. The Bertz CT molecular complexity index is 1300. The Balaban J connectivity index is 1.94. The normalized spacial score (nSPS) is 11.5. The molecule has 0 spiro atoms. The molecule has 0 aliphatic heterocycles. The maximum Gasteiger partial charge on any atom is 0.265 e. The van der Waals surface area contributed by atoms with E-state index in [1.807, 2.05) is 0 Å². The van der Waals surface area contributed by atoms with Gasteiger partial charge in [0.15, 0.2) is 17.4 Å². The number of halogens is 2. The van der Waals surface area contributed by atoms with Crippen molar-refractivity contribution >= 4 is 39.5 Å². The van der Waals surface area contributed by atoms with Crippen LogP contribution in [-0.2, 0) is 14.8 Å². The van der Waals surface area contributed by atoms with E-state index in [1.54, 1.807) is 19.1 Å². The van der Waals surface area contributed by atoms with Gasteiger partial charge in [-0.2, -0.15) is 0 Å². The number of methoxy groups -OCH3 is 1. The Morgan fingerprint density at radius 1 is 1.12 bits per heavy atom. The Kier molecular flexibility index (Phi) is 6.58. The molecule has 1 amide bonds. The molecule has 0 aliphatic carbocycles. The van der Waals surface area contributed by atoms with Crippen LogP contribution < -0.4 is 14.8 Å². The Morgan fingerprint density at radius 3 is 2.53 bits per heavy atom. The van der Waals surface area contributed by atoms with E-state index in [1.165, 1.54) is 32.2 Å². The zero-order valence-electron chi connectivity index (χ0n) is 17.3. The molecule has 0 saturated carbocycles. The second-order valence-electron chi connectivity index (χ2n) is 6.67. The van der Waals surface area contributed by atoms with Gasteiger partial charge >= 0.3 is 0 Å². The molecule has 11 heteroatoms. The molecule has 0 fully saturated rings. The number of ether oxygens (including phenoxy) is 1. The van der Waals surface area contributed by atoms with Crippen molar-refractivity contribution in [2.75, 3.05) is 17.1 Å². The average molecular weight is 463 g/mol. The lowest BCUT2D eigenvalue weighted by Gasteiger charge is -2.12. The van der Waals surface area contributed by atoms with Crippen molar-refractivity contribution in [3.8, 4) is 5.75 Å². The van der Waals surface area contributed by atoms with Crippen molar-refractivity contribution in [2.45, 2.75) is 18.7 Å². The Morgan fingerprint density at radius 2 is 1.88 bits per heavy atom. The molecular formula is C21H19F2N3O5S. The first-order chi connectivity index (χ1) is 15.1. The highest BCUT2D eigenvalue weighted by atomic mass is 32.2. The van der Waals surface area contributed by atoms with Crippen LogP contribution in [0, 0.1) is 18.6 Å². The van der Waals surface area contributed by atoms with Gasteiger partial charge in [0.1, 0.15) is 22.0 Å². The van der Waals surface area contributed by atoms with Crippen LogP contribution in [0.2, 0.25) is 0 Å². The van der Waals surface area contributed by atoms with Crippen LogP contribution in [0.15, 0.2) is 45.8 Å². The van der Waals surface area contributed by atoms with Gasteiger partial charge in [0.2, 0.25) is 5.91 Å². The summed E-state index contributed by atoms with van der Waals surface area (Å²) in [5.41, 5.74) is 1.19. The highest BCUT2D eigenvalue weighted by Gasteiger charge is 2.21. The average Bonchev–Trinajstić information content (AvgIpc) is 3.07. The molecule has 32 heavy (non-hydrogen) atoms. The van der Waals surface area contributed by atoms with E-state index in [-0.39, 0.29) is 28.0 Å². The molecule has 0 radical (unpaired) electrons. The van der Waals surface area contributed by atoms with Crippen molar-refractivity contribution in [2.24, 2.45) is 0 Å². The van der Waals surface area contributed by atoms with E-state index in [4.69, 9.17) is 9.26 Å². The van der Waals surface area contributed by atoms with Crippen molar-refractivity contribution in [1.29, 1.82) is 0 Å². The fraction of sp³-hybridized carbons (Fsp3) is 0.143. The first-order valence-electron chi connectivity index (χ1n) is 9.18. The second-order valence-corrected chi connectivity index (χ2v) is 8.32. The summed E-state index contributed by atoms with van der Waals surface area (Å²) in [6.45, 7) is 3.01. The number of nitrogens with one attached hydrogen (secondary N) is 2. The molecule has 3 aromatic rings. The van der Waals surface area contributed by atoms with Gasteiger partial charge in [-0.25, -0.2) is 17.2 Å². The number of aromatic nitrogens is 1. The highest BCUT2D eigenvalue weighted by molar-refractivity contribution is 7.92. The minimum atomic E-state index is -4.20. The van der Waals surface area contributed by atoms with E-state index >= 15 is 0 Å². The maximum absolute atomic E-state index is 13.5. The fourth-order valence-corrected chi connectivity index (χ4v) is 4.03. The predicted molar refractivity (Wildman–Crippen MR) is 115 cm³/mol. The van der Waals surface area contributed by atoms with Crippen LogP contribution in [0.3, 0.4) is 0 Å². The summed E-state index contributed by atoms with van der Waals surface area (Å²) in [6.07, 6.45) is 3.08. The number of rotatable bonds is 7. The van der Waals surface area contributed by atoms with Gasteiger partial charge in [0, 0.05) is 13.0 Å². The van der Waals surface area contributed by atoms with Gasteiger partial charge in [-0.05, 0) is 42.8 Å². The van der Waals surface area contributed by atoms with E-state index < -0.39 is 21.7 Å². The van der Waals surface area contributed by atoms with Gasteiger partial charge in [0.05, 0.1) is 12.8 Å². The summed E-state index contributed by atoms with van der Waals surface area (Å²) in [5, 5.41) is 6.42. The zero-order chi connectivity index (χ0) is 23.5. The number of hydrogen-bond donors (Lipinski definition) is 2. The Labute approximate surface area is 182 Å². The third-order valence-corrected chi connectivity index (χ3v) is 5.67. The van der Waals surface area contributed by atoms with E-state index in [0.717, 1.165) is 18.2 Å². The van der Waals surface area contributed by atoms with Crippen molar-refractivity contribution in [1.82, 2.24) is 5.16 Å². The molecule has 0 bridgehead atoms. The second kappa shape index (κ2) is 9.18. The molecule has 0 atom stereocenters. The first-order valence-corrected chi connectivity index (χ1v) is 10.7. The molecule has 3 rings (SSSR count). The first kappa shape index (κ1) is 22.9. The molecular weight excluding hydrogens is 444 g/mol. The molecule has 2 N–H and O–H groups in total. The number of aryl methyl sites for hydroxylation is 1. The minimum absolute atomic E-state index is 0.0479. The molecule has 8 nitrogen and oxygen atoms in total. The van der Waals surface area contributed by atoms with Gasteiger partial charge in [-0.15, -0.1) is 0 Å². The topological polar surface area (TPSA) is 111 Å². The third kappa shape index (κ3) is 5.11. The summed E-state index contributed by atoms with van der Waals surface area (Å²) in [5.74, 6) is -2.26. The highest BCUT2D eigenvalue weighted by Crippen LogP contribution is 2.29. The SMILES string of the molecule is COc1ccc(C=Cc2onc(C)c2NC(C)=O)cc1S(=O)(=O)Nc1ccc(F)c(F)c1. The fourth-order valence-electron chi connectivity index (χ4n) is 2.78. The standard InChI is InChI=1S/C21H19F2N3O5S/c1-12-21(24-13(2)27)19(31-25-12)9-5-14-4-8-18(30-3)20(10-14)32(28,29)26-15-6-7-16(22)17(23)11-15/h4-11,26H,1-3H3,(H,24,27). The molecule has 168 valence electrons. The van der Waals surface area contributed by atoms with Crippen LogP contribution in [0.1, 0.15) is 23.9 Å². The number of hydrogen-bond acceptors (Lipinski definition) is 6.